The molecule has 1 aromatic carbocycles. The zero-order valence-electron chi connectivity index (χ0n) is 15.1. The minimum atomic E-state index is -0.495. The number of hydrogen-bond donors (Lipinski definition) is 0. The molecule has 2 aromatic rings. The summed E-state index contributed by atoms with van der Waals surface area (Å²) in [7, 11) is 2.93. The van der Waals surface area contributed by atoms with E-state index in [9.17, 15) is 9.59 Å². The third kappa shape index (κ3) is 4.55. The summed E-state index contributed by atoms with van der Waals surface area (Å²) >= 11 is 1.31. The van der Waals surface area contributed by atoms with E-state index < -0.39 is 5.97 Å². The number of hydrogen-bond acceptors (Lipinski definition) is 8. The highest BCUT2D eigenvalue weighted by Crippen LogP contribution is 2.33. The van der Waals surface area contributed by atoms with Crippen LogP contribution in [0.5, 0.6) is 11.5 Å². The molecule has 0 fully saturated rings. The van der Waals surface area contributed by atoms with Crippen molar-refractivity contribution in [3.05, 3.63) is 39.8 Å². The summed E-state index contributed by atoms with van der Waals surface area (Å²) in [5.74, 6) is 0.532. The summed E-state index contributed by atoms with van der Waals surface area (Å²) in [6, 6.07) is 5.11. The van der Waals surface area contributed by atoms with Crippen molar-refractivity contribution in [2.45, 2.75) is 13.0 Å². The van der Waals surface area contributed by atoms with Crippen LogP contribution in [0.4, 0.5) is 0 Å². The lowest BCUT2D eigenvalue weighted by Crippen LogP contribution is -2.32. The van der Waals surface area contributed by atoms with Crippen LogP contribution in [0.25, 0.3) is 0 Å². The fraction of sp³-hybridized carbons (Fsp3) is 0.389. The molecule has 0 radical (unpaired) electrons. The molecule has 27 heavy (non-hydrogen) atoms. The Morgan fingerprint density at radius 1 is 1.26 bits per heavy atom. The Bertz CT molecular complexity index is 822. The summed E-state index contributed by atoms with van der Waals surface area (Å²) in [4.78, 5) is 30.5. The molecule has 0 aliphatic carbocycles. The Kier molecular flexibility index (Phi) is 6.25. The second-order valence-electron chi connectivity index (χ2n) is 5.76. The third-order valence-electron chi connectivity index (χ3n) is 3.96. The van der Waals surface area contributed by atoms with E-state index in [1.165, 1.54) is 18.4 Å². The molecule has 1 amide bonds. The Hall–Kier alpha value is -2.65. The quantitative estimate of drug-likeness (QED) is 0.503. The van der Waals surface area contributed by atoms with Crippen molar-refractivity contribution in [2.24, 2.45) is 0 Å². The van der Waals surface area contributed by atoms with Gasteiger partial charge in [0.2, 0.25) is 6.79 Å². The first kappa shape index (κ1) is 19.1. The molecule has 0 atom stereocenters. The number of thiazole rings is 1. The van der Waals surface area contributed by atoms with Gasteiger partial charge < -0.3 is 23.8 Å². The lowest BCUT2D eigenvalue weighted by molar-refractivity contribution is 0.0594. The number of amides is 1. The maximum Gasteiger partial charge on any atom is 0.357 e. The van der Waals surface area contributed by atoms with Crippen molar-refractivity contribution in [1.82, 2.24) is 9.88 Å². The Morgan fingerprint density at radius 2 is 2.07 bits per heavy atom. The Balaban J connectivity index is 1.76. The van der Waals surface area contributed by atoms with E-state index >= 15 is 0 Å². The topological polar surface area (TPSA) is 87.2 Å². The number of rotatable bonds is 8. The molecular weight excluding hydrogens is 372 g/mol. The maximum atomic E-state index is 13.0. The van der Waals surface area contributed by atoms with Crippen LogP contribution < -0.4 is 9.47 Å². The molecular formula is C18H20N2O6S. The lowest BCUT2D eigenvalue weighted by atomic mass is 10.1. The predicted molar refractivity (Wildman–Crippen MR) is 97.3 cm³/mol. The van der Waals surface area contributed by atoms with Crippen molar-refractivity contribution in [1.29, 1.82) is 0 Å². The Morgan fingerprint density at radius 3 is 2.85 bits per heavy atom. The fourth-order valence-corrected chi connectivity index (χ4v) is 3.39. The van der Waals surface area contributed by atoms with E-state index in [1.54, 1.807) is 35.6 Å². The van der Waals surface area contributed by atoms with E-state index in [0.29, 0.717) is 48.2 Å². The van der Waals surface area contributed by atoms with Gasteiger partial charge in [-0.3, -0.25) is 4.79 Å². The molecule has 3 rings (SSSR count). The molecule has 0 saturated carbocycles. The second kappa shape index (κ2) is 8.83. The average molecular weight is 392 g/mol. The number of carbonyl (C=O) groups is 2. The van der Waals surface area contributed by atoms with Gasteiger partial charge in [0.05, 0.1) is 13.7 Å². The normalized spacial score (nSPS) is 12.1. The first-order valence-electron chi connectivity index (χ1n) is 8.33. The van der Waals surface area contributed by atoms with Crippen LogP contribution in [0.1, 0.15) is 32.3 Å². The zero-order valence-corrected chi connectivity index (χ0v) is 15.9. The maximum absolute atomic E-state index is 13.0. The summed E-state index contributed by atoms with van der Waals surface area (Å²) in [6.07, 6.45) is 0.683. The number of fused-ring (bicyclic) bond motifs is 1. The van der Waals surface area contributed by atoms with E-state index in [4.69, 9.17) is 14.2 Å². The molecule has 0 spiro atoms. The van der Waals surface area contributed by atoms with Crippen molar-refractivity contribution in [3.63, 3.8) is 0 Å². The van der Waals surface area contributed by atoms with E-state index in [-0.39, 0.29) is 18.4 Å². The molecule has 0 bridgehead atoms. The minimum Gasteiger partial charge on any atom is -0.464 e. The van der Waals surface area contributed by atoms with Gasteiger partial charge in [0.1, 0.15) is 5.01 Å². The average Bonchev–Trinajstić information content (AvgIpc) is 3.34. The van der Waals surface area contributed by atoms with Gasteiger partial charge in [-0.25, -0.2) is 9.78 Å². The summed E-state index contributed by atoms with van der Waals surface area (Å²) in [5.41, 5.74) is 0.742. The number of nitrogens with zero attached hydrogens (tertiary/aromatic N) is 2. The Labute approximate surface area is 160 Å². The monoisotopic (exact) mass is 392 g/mol. The number of carbonyl (C=O) groups excluding carboxylic acids is 2. The largest absolute Gasteiger partial charge is 0.464 e. The van der Waals surface area contributed by atoms with Crippen molar-refractivity contribution >= 4 is 23.2 Å². The van der Waals surface area contributed by atoms with Gasteiger partial charge in [-0.15, -0.1) is 11.3 Å². The number of aromatic nitrogens is 1. The lowest BCUT2D eigenvalue weighted by Gasteiger charge is -2.22. The highest BCUT2D eigenvalue weighted by atomic mass is 32.1. The van der Waals surface area contributed by atoms with Crippen molar-refractivity contribution in [2.75, 3.05) is 34.2 Å². The molecule has 1 aliphatic heterocycles. The predicted octanol–water partition coefficient (Wildman–Crippen LogP) is 2.34. The molecule has 0 unspecified atom stereocenters. The number of esters is 1. The highest BCUT2D eigenvalue weighted by Gasteiger charge is 2.22. The first-order chi connectivity index (χ1) is 13.1. The van der Waals surface area contributed by atoms with Gasteiger partial charge in [0.15, 0.2) is 17.2 Å². The van der Waals surface area contributed by atoms with Gasteiger partial charge in [-0.05, 0) is 24.6 Å². The van der Waals surface area contributed by atoms with Gasteiger partial charge in [0, 0.05) is 31.2 Å². The number of benzene rings is 1. The van der Waals surface area contributed by atoms with Crippen molar-refractivity contribution < 1.29 is 28.5 Å². The molecule has 8 nitrogen and oxygen atoms in total. The molecule has 2 heterocycles. The van der Waals surface area contributed by atoms with Gasteiger partial charge in [-0.2, -0.15) is 0 Å². The van der Waals surface area contributed by atoms with Gasteiger partial charge in [-0.1, -0.05) is 0 Å². The number of ether oxygens (including phenoxy) is 4. The first-order valence-corrected chi connectivity index (χ1v) is 9.21. The summed E-state index contributed by atoms with van der Waals surface area (Å²) in [6.45, 7) is 1.48. The van der Waals surface area contributed by atoms with Crippen LogP contribution in [0.2, 0.25) is 0 Å². The smallest absolute Gasteiger partial charge is 0.357 e. The van der Waals surface area contributed by atoms with Crippen LogP contribution in [-0.4, -0.2) is 55.9 Å². The number of methoxy groups -OCH3 is 2. The molecule has 0 N–H and O–H groups in total. The fourth-order valence-electron chi connectivity index (χ4n) is 2.61. The van der Waals surface area contributed by atoms with Crippen LogP contribution in [0, 0.1) is 0 Å². The zero-order chi connectivity index (χ0) is 19.2. The molecule has 1 aromatic heterocycles. The van der Waals surface area contributed by atoms with Crippen LogP contribution in [0.15, 0.2) is 23.6 Å². The van der Waals surface area contributed by atoms with Crippen LogP contribution >= 0.6 is 11.3 Å². The molecule has 144 valence electrons. The minimum absolute atomic E-state index is 0.153. The SMILES string of the molecule is COCCCN(Cc1nc(C(=O)OC)cs1)C(=O)c1ccc2c(c1)OCO2. The molecule has 1 aliphatic rings. The standard InChI is InChI=1S/C18H20N2O6S/c1-23-7-3-6-20(9-16-19-13(10-27-16)18(22)24-2)17(21)12-4-5-14-15(8-12)26-11-25-14/h4-5,8,10H,3,6-7,9,11H2,1-2H3. The van der Waals surface area contributed by atoms with Gasteiger partial charge in [0.25, 0.3) is 5.91 Å². The molecule has 0 saturated heterocycles. The highest BCUT2D eigenvalue weighted by molar-refractivity contribution is 7.09. The van der Waals surface area contributed by atoms with Crippen molar-refractivity contribution in [3.8, 4) is 11.5 Å². The van der Waals surface area contributed by atoms with E-state index in [1.807, 2.05) is 0 Å². The van der Waals surface area contributed by atoms with Crippen LogP contribution in [-0.2, 0) is 16.0 Å². The van der Waals surface area contributed by atoms with Gasteiger partial charge >= 0.3 is 5.97 Å². The van der Waals surface area contributed by atoms with E-state index in [0.717, 1.165) is 0 Å². The second-order valence-corrected chi connectivity index (χ2v) is 6.70. The van der Waals surface area contributed by atoms with Crippen LogP contribution in [0.3, 0.4) is 0 Å². The summed E-state index contributed by atoms with van der Waals surface area (Å²) in [5, 5.41) is 2.28. The molecule has 9 heteroatoms. The third-order valence-corrected chi connectivity index (χ3v) is 4.79. The summed E-state index contributed by atoms with van der Waals surface area (Å²) < 4.78 is 20.4. The van der Waals surface area contributed by atoms with E-state index in [2.05, 4.69) is 9.72 Å².